The van der Waals surface area contributed by atoms with Crippen molar-refractivity contribution in [1.82, 2.24) is 4.98 Å². The minimum atomic E-state index is -0.449. The standard InChI is InChI=1S/C16H19NO/c1-16(2,13-8-4-3-5-9-13)15(18)12-14-10-6-7-11-17-14/h3-11,15,18H,12H2,1-2H3. The highest BCUT2D eigenvalue weighted by Gasteiger charge is 2.29. The molecule has 0 aliphatic heterocycles. The molecule has 1 heterocycles. The van der Waals surface area contributed by atoms with Crippen molar-refractivity contribution in [2.45, 2.75) is 31.8 Å². The van der Waals surface area contributed by atoms with Crippen molar-refractivity contribution in [3.63, 3.8) is 0 Å². The van der Waals surface area contributed by atoms with Crippen molar-refractivity contribution in [3.05, 3.63) is 66.0 Å². The van der Waals surface area contributed by atoms with E-state index in [1.807, 2.05) is 36.4 Å². The Morgan fingerprint density at radius 2 is 1.72 bits per heavy atom. The van der Waals surface area contributed by atoms with Gasteiger partial charge in [-0.05, 0) is 17.7 Å². The molecule has 0 fully saturated rings. The number of hydrogen-bond donors (Lipinski definition) is 1. The molecule has 1 N–H and O–H groups in total. The number of pyridine rings is 1. The molecule has 0 bridgehead atoms. The third kappa shape index (κ3) is 2.77. The van der Waals surface area contributed by atoms with Gasteiger partial charge in [0.1, 0.15) is 0 Å². The number of hydrogen-bond acceptors (Lipinski definition) is 2. The Bertz CT molecular complexity index is 479. The molecule has 18 heavy (non-hydrogen) atoms. The van der Waals surface area contributed by atoms with Crippen molar-refractivity contribution in [2.24, 2.45) is 0 Å². The van der Waals surface area contributed by atoms with Gasteiger partial charge in [-0.2, -0.15) is 0 Å². The fourth-order valence-corrected chi connectivity index (χ4v) is 2.03. The van der Waals surface area contributed by atoms with E-state index >= 15 is 0 Å². The van der Waals surface area contributed by atoms with Crippen LogP contribution in [0.4, 0.5) is 0 Å². The van der Waals surface area contributed by atoms with Crippen molar-refractivity contribution < 1.29 is 5.11 Å². The lowest BCUT2D eigenvalue weighted by molar-refractivity contribution is 0.0990. The first-order valence-electron chi connectivity index (χ1n) is 6.24. The Hall–Kier alpha value is -1.67. The lowest BCUT2D eigenvalue weighted by Crippen LogP contribution is -2.35. The Morgan fingerprint density at radius 1 is 1.06 bits per heavy atom. The smallest absolute Gasteiger partial charge is 0.0686 e. The van der Waals surface area contributed by atoms with Gasteiger partial charge in [-0.15, -0.1) is 0 Å². The fourth-order valence-electron chi connectivity index (χ4n) is 2.03. The van der Waals surface area contributed by atoms with Crippen LogP contribution in [-0.2, 0) is 11.8 Å². The van der Waals surface area contributed by atoms with Crippen molar-refractivity contribution in [2.75, 3.05) is 0 Å². The van der Waals surface area contributed by atoms with Crippen LogP contribution in [0.3, 0.4) is 0 Å². The van der Waals surface area contributed by atoms with E-state index in [1.165, 1.54) is 0 Å². The van der Waals surface area contributed by atoms with Crippen LogP contribution in [0.2, 0.25) is 0 Å². The maximum Gasteiger partial charge on any atom is 0.0686 e. The van der Waals surface area contributed by atoms with Crippen LogP contribution in [0.15, 0.2) is 54.7 Å². The Kier molecular flexibility index (Phi) is 3.78. The van der Waals surface area contributed by atoms with E-state index in [0.29, 0.717) is 6.42 Å². The molecule has 0 aliphatic carbocycles. The maximum absolute atomic E-state index is 10.4. The normalized spacial score (nSPS) is 13.3. The Morgan fingerprint density at radius 3 is 2.33 bits per heavy atom. The van der Waals surface area contributed by atoms with Gasteiger partial charge in [0.15, 0.2) is 0 Å². The third-order valence-corrected chi connectivity index (χ3v) is 3.48. The number of aliphatic hydroxyl groups is 1. The molecule has 0 spiro atoms. The van der Waals surface area contributed by atoms with Gasteiger partial charge >= 0.3 is 0 Å². The van der Waals surface area contributed by atoms with Crippen molar-refractivity contribution >= 4 is 0 Å². The van der Waals surface area contributed by atoms with Gasteiger partial charge in [0, 0.05) is 23.7 Å². The summed E-state index contributed by atoms with van der Waals surface area (Å²) in [5, 5.41) is 10.4. The van der Waals surface area contributed by atoms with Gasteiger partial charge in [0.2, 0.25) is 0 Å². The summed E-state index contributed by atoms with van der Waals surface area (Å²) in [6, 6.07) is 15.9. The second-order valence-electron chi connectivity index (χ2n) is 5.13. The molecule has 1 atom stereocenters. The first-order chi connectivity index (χ1) is 8.60. The van der Waals surface area contributed by atoms with E-state index in [9.17, 15) is 5.11 Å². The molecular weight excluding hydrogens is 222 g/mol. The summed E-state index contributed by atoms with van der Waals surface area (Å²) in [6.45, 7) is 4.13. The van der Waals surface area contributed by atoms with E-state index in [-0.39, 0.29) is 5.41 Å². The minimum absolute atomic E-state index is 0.279. The summed E-state index contributed by atoms with van der Waals surface area (Å²) in [5.74, 6) is 0. The minimum Gasteiger partial charge on any atom is -0.392 e. The van der Waals surface area contributed by atoms with E-state index in [2.05, 4.69) is 31.0 Å². The summed E-state index contributed by atoms with van der Waals surface area (Å²) in [6.07, 6.45) is 1.88. The van der Waals surface area contributed by atoms with Crippen LogP contribution in [-0.4, -0.2) is 16.2 Å². The van der Waals surface area contributed by atoms with E-state index < -0.39 is 6.10 Å². The van der Waals surface area contributed by atoms with Crippen LogP contribution in [0.25, 0.3) is 0 Å². The van der Waals surface area contributed by atoms with Gasteiger partial charge in [-0.1, -0.05) is 50.2 Å². The summed E-state index contributed by atoms with van der Waals surface area (Å²) in [5.41, 5.74) is 1.79. The molecule has 0 saturated carbocycles. The number of nitrogens with zero attached hydrogens (tertiary/aromatic N) is 1. The molecule has 0 amide bonds. The molecular formula is C16H19NO. The zero-order valence-electron chi connectivity index (χ0n) is 10.9. The van der Waals surface area contributed by atoms with Crippen LogP contribution >= 0.6 is 0 Å². The predicted octanol–water partition coefficient (Wildman–Crippen LogP) is 2.96. The molecule has 2 nitrogen and oxygen atoms in total. The van der Waals surface area contributed by atoms with Crippen molar-refractivity contribution in [3.8, 4) is 0 Å². The zero-order chi connectivity index (χ0) is 13.0. The quantitative estimate of drug-likeness (QED) is 0.892. The zero-order valence-corrected chi connectivity index (χ0v) is 10.9. The highest BCUT2D eigenvalue weighted by atomic mass is 16.3. The highest BCUT2D eigenvalue weighted by molar-refractivity contribution is 5.25. The number of benzene rings is 1. The predicted molar refractivity (Wildman–Crippen MR) is 73.4 cm³/mol. The second-order valence-corrected chi connectivity index (χ2v) is 5.13. The molecule has 1 aromatic heterocycles. The van der Waals surface area contributed by atoms with Gasteiger partial charge in [0.05, 0.1) is 6.10 Å². The van der Waals surface area contributed by atoms with Crippen LogP contribution in [0.5, 0.6) is 0 Å². The monoisotopic (exact) mass is 241 g/mol. The van der Waals surface area contributed by atoms with E-state index in [0.717, 1.165) is 11.3 Å². The topological polar surface area (TPSA) is 33.1 Å². The van der Waals surface area contributed by atoms with Gasteiger partial charge in [-0.25, -0.2) is 0 Å². The summed E-state index contributed by atoms with van der Waals surface area (Å²) in [7, 11) is 0. The molecule has 0 aliphatic rings. The van der Waals surface area contributed by atoms with Crippen molar-refractivity contribution in [1.29, 1.82) is 0 Å². The maximum atomic E-state index is 10.4. The van der Waals surface area contributed by atoms with Gasteiger partial charge in [0.25, 0.3) is 0 Å². The van der Waals surface area contributed by atoms with E-state index in [4.69, 9.17) is 0 Å². The number of aliphatic hydroxyl groups excluding tert-OH is 1. The van der Waals surface area contributed by atoms with Gasteiger partial charge < -0.3 is 5.11 Å². The fraction of sp³-hybridized carbons (Fsp3) is 0.312. The number of rotatable bonds is 4. The lowest BCUT2D eigenvalue weighted by atomic mass is 9.78. The Balaban J connectivity index is 2.15. The first-order valence-corrected chi connectivity index (χ1v) is 6.24. The number of aromatic nitrogens is 1. The molecule has 2 rings (SSSR count). The van der Waals surface area contributed by atoms with Gasteiger partial charge in [-0.3, -0.25) is 4.98 Å². The average Bonchev–Trinajstić information content (AvgIpc) is 2.41. The van der Waals surface area contributed by atoms with Crippen LogP contribution in [0, 0.1) is 0 Å². The summed E-state index contributed by atoms with van der Waals surface area (Å²) >= 11 is 0. The van der Waals surface area contributed by atoms with Crippen LogP contribution in [0.1, 0.15) is 25.1 Å². The highest BCUT2D eigenvalue weighted by Crippen LogP contribution is 2.28. The van der Waals surface area contributed by atoms with E-state index in [1.54, 1.807) is 6.20 Å². The lowest BCUT2D eigenvalue weighted by Gasteiger charge is -2.31. The summed E-state index contributed by atoms with van der Waals surface area (Å²) < 4.78 is 0. The molecule has 2 heteroatoms. The van der Waals surface area contributed by atoms with Crippen LogP contribution < -0.4 is 0 Å². The SMILES string of the molecule is CC(C)(c1ccccc1)C(O)Cc1ccccn1. The molecule has 1 unspecified atom stereocenters. The third-order valence-electron chi connectivity index (χ3n) is 3.48. The molecule has 2 aromatic rings. The first kappa shape index (κ1) is 12.8. The largest absolute Gasteiger partial charge is 0.392 e. The second kappa shape index (κ2) is 5.32. The summed E-state index contributed by atoms with van der Waals surface area (Å²) in [4.78, 5) is 4.27. The molecule has 0 saturated heterocycles. The molecule has 1 aromatic carbocycles. The Labute approximate surface area is 108 Å². The molecule has 94 valence electrons. The average molecular weight is 241 g/mol. The molecule has 0 radical (unpaired) electrons.